The zero-order valence-corrected chi connectivity index (χ0v) is 18.9. The number of amides is 2. The van der Waals surface area contributed by atoms with Gasteiger partial charge in [0.15, 0.2) is 11.9 Å². The molecule has 3 aromatic rings. The largest absolute Gasteiger partial charge is 0.480 e. The number of nitrogens with zero attached hydrogens (tertiary/aromatic N) is 2. The Hall–Kier alpha value is -4.18. The first-order valence-corrected chi connectivity index (χ1v) is 11.3. The van der Waals surface area contributed by atoms with Gasteiger partial charge in [-0.3, -0.25) is 15.2 Å². The molecule has 1 saturated heterocycles. The second-order valence-electron chi connectivity index (χ2n) is 8.47. The predicted molar refractivity (Wildman–Crippen MR) is 125 cm³/mol. The van der Waals surface area contributed by atoms with Crippen molar-refractivity contribution in [2.24, 2.45) is 0 Å². The number of rotatable bonds is 5. The number of hydrogen-bond acceptors (Lipinski definition) is 6. The van der Waals surface area contributed by atoms with Crippen LogP contribution in [-0.2, 0) is 14.3 Å². The van der Waals surface area contributed by atoms with Gasteiger partial charge < -0.3 is 19.5 Å². The van der Waals surface area contributed by atoms with Gasteiger partial charge in [0.05, 0.1) is 12.7 Å². The SMILES string of the molecule is CC1OCCN(C(=O)c2cc(NC(=O)OCC3c4ccccc4-c4ccccc43)n[nH]2)C1C(=O)O. The van der Waals surface area contributed by atoms with Crippen LogP contribution in [0, 0.1) is 0 Å². The molecule has 0 spiro atoms. The maximum atomic E-state index is 12.9. The van der Waals surface area contributed by atoms with Crippen molar-refractivity contribution < 1.29 is 29.0 Å². The van der Waals surface area contributed by atoms with E-state index in [-0.39, 0.29) is 37.2 Å². The van der Waals surface area contributed by atoms with E-state index >= 15 is 0 Å². The van der Waals surface area contributed by atoms with Crippen LogP contribution in [0.2, 0.25) is 0 Å². The fraction of sp³-hybridized carbons (Fsp3) is 0.280. The molecule has 1 fully saturated rings. The third-order valence-electron chi connectivity index (χ3n) is 6.39. The van der Waals surface area contributed by atoms with Gasteiger partial charge in [-0.2, -0.15) is 5.10 Å². The van der Waals surface area contributed by atoms with Crippen molar-refractivity contribution in [2.45, 2.75) is 25.0 Å². The van der Waals surface area contributed by atoms with Crippen LogP contribution in [-0.4, -0.2) is 70.1 Å². The minimum atomic E-state index is -1.15. The van der Waals surface area contributed by atoms with Crippen molar-refractivity contribution in [2.75, 3.05) is 25.1 Å². The van der Waals surface area contributed by atoms with Crippen molar-refractivity contribution in [3.63, 3.8) is 0 Å². The molecule has 0 bridgehead atoms. The number of aromatic nitrogens is 2. The Balaban J connectivity index is 1.23. The molecular formula is C25H24N4O6. The van der Waals surface area contributed by atoms with E-state index < -0.39 is 30.1 Å². The number of aromatic amines is 1. The number of ether oxygens (including phenoxy) is 2. The van der Waals surface area contributed by atoms with Gasteiger partial charge in [-0.25, -0.2) is 9.59 Å². The van der Waals surface area contributed by atoms with Crippen molar-refractivity contribution in [1.82, 2.24) is 15.1 Å². The predicted octanol–water partition coefficient (Wildman–Crippen LogP) is 3.08. The molecular weight excluding hydrogens is 452 g/mol. The summed E-state index contributed by atoms with van der Waals surface area (Å²) in [6.07, 6.45) is -1.35. The summed E-state index contributed by atoms with van der Waals surface area (Å²) in [4.78, 5) is 38.2. The molecule has 1 aliphatic heterocycles. The molecule has 10 heteroatoms. The molecule has 2 atom stereocenters. The molecule has 0 saturated carbocycles. The Labute approximate surface area is 200 Å². The molecule has 2 amide bonds. The van der Waals surface area contributed by atoms with Crippen LogP contribution in [0.4, 0.5) is 10.6 Å². The lowest BCUT2D eigenvalue weighted by Crippen LogP contribution is -2.56. The Morgan fingerprint density at radius 1 is 1.14 bits per heavy atom. The van der Waals surface area contributed by atoms with Gasteiger partial charge in [0.2, 0.25) is 0 Å². The van der Waals surface area contributed by atoms with Gasteiger partial charge in [0.1, 0.15) is 12.3 Å². The van der Waals surface area contributed by atoms with Crippen molar-refractivity contribution >= 4 is 23.8 Å². The summed E-state index contributed by atoms with van der Waals surface area (Å²) in [7, 11) is 0. The summed E-state index contributed by atoms with van der Waals surface area (Å²) < 4.78 is 10.9. The lowest BCUT2D eigenvalue weighted by molar-refractivity contribution is -0.152. The van der Waals surface area contributed by atoms with E-state index in [0.29, 0.717) is 0 Å². The Kier molecular flexibility index (Phi) is 5.96. The number of nitrogens with one attached hydrogen (secondary N) is 2. The fourth-order valence-corrected chi connectivity index (χ4v) is 4.77. The maximum Gasteiger partial charge on any atom is 0.412 e. The number of benzene rings is 2. The highest BCUT2D eigenvalue weighted by atomic mass is 16.5. The molecule has 1 aliphatic carbocycles. The fourth-order valence-electron chi connectivity index (χ4n) is 4.77. The minimum absolute atomic E-state index is 0.0549. The highest BCUT2D eigenvalue weighted by molar-refractivity contribution is 5.96. The monoisotopic (exact) mass is 476 g/mol. The van der Waals surface area contributed by atoms with E-state index in [0.717, 1.165) is 22.3 Å². The molecule has 3 N–H and O–H groups in total. The standard InChI is InChI=1S/C25H24N4O6/c1-14-22(24(31)32)29(10-11-34-14)23(30)20-12-21(28-27-20)26-25(33)35-13-19-17-8-4-2-6-15(17)16-7-3-5-9-18(16)19/h2-9,12,14,19,22H,10-11,13H2,1H3,(H,31,32)(H2,26,27,28,33). The van der Waals surface area contributed by atoms with E-state index in [4.69, 9.17) is 9.47 Å². The van der Waals surface area contributed by atoms with E-state index in [9.17, 15) is 19.5 Å². The van der Waals surface area contributed by atoms with Crippen LogP contribution in [0.3, 0.4) is 0 Å². The first-order valence-electron chi connectivity index (χ1n) is 11.3. The number of fused-ring (bicyclic) bond motifs is 3. The van der Waals surface area contributed by atoms with E-state index in [1.54, 1.807) is 6.92 Å². The third kappa shape index (κ3) is 4.24. The molecule has 1 aromatic heterocycles. The number of carbonyl (C=O) groups is 3. The zero-order valence-electron chi connectivity index (χ0n) is 18.9. The number of carboxylic acid groups (broad SMARTS) is 1. The number of H-pyrrole nitrogens is 1. The van der Waals surface area contributed by atoms with Crippen molar-refractivity contribution in [3.8, 4) is 11.1 Å². The molecule has 2 unspecified atom stereocenters. The lowest BCUT2D eigenvalue weighted by Gasteiger charge is -2.36. The molecule has 10 nitrogen and oxygen atoms in total. The molecule has 180 valence electrons. The van der Waals surface area contributed by atoms with Gasteiger partial charge in [-0.15, -0.1) is 0 Å². The summed E-state index contributed by atoms with van der Waals surface area (Å²) in [5, 5.41) is 18.5. The number of aliphatic carboxylic acids is 1. The lowest BCUT2D eigenvalue weighted by atomic mass is 9.98. The van der Waals surface area contributed by atoms with Crippen LogP contribution in [0.5, 0.6) is 0 Å². The minimum Gasteiger partial charge on any atom is -0.480 e. The van der Waals surface area contributed by atoms with Crippen LogP contribution in [0.1, 0.15) is 34.5 Å². The highest BCUT2D eigenvalue weighted by Crippen LogP contribution is 2.44. The Morgan fingerprint density at radius 2 is 1.80 bits per heavy atom. The first kappa shape index (κ1) is 22.6. The maximum absolute atomic E-state index is 12.9. The van der Waals surface area contributed by atoms with Crippen LogP contribution in [0.25, 0.3) is 11.1 Å². The summed E-state index contributed by atoms with van der Waals surface area (Å²) in [6.45, 7) is 2.11. The number of anilines is 1. The smallest absolute Gasteiger partial charge is 0.412 e. The van der Waals surface area contributed by atoms with Crippen molar-refractivity contribution in [3.05, 3.63) is 71.4 Å². The first-order chi connectivity index (χ1) is 16.9. The van der Waals surface area contributed by atoms with Gasteiger partial charge in [-0.1, -0.05) is 48.5 Å². The number of morpholine rings is 1. The van der Waals surface area contributed by atoms with Crippen LogP contribution in [0.15, 0.2) is 54.6 Å². The molecule has 5 rings (SSSR count). The van der Waals surface area contributed by atoms with Crippen LogP contribution >= 0.6 is 0 Å². The highest BCUT2D eigenvalue weighted by Gasteiger charge is 2.39. The third-order valence-corrected chi connectivity index (χ3v) is 6.39. The average Bonchev–Trinajstić information content (AvgIpc) is 3.44. The summed E-state index contributed by atoms with van der Waals surface area (Å²) in [5.74, 6) is -1.68. The molecule has 0 radical (unpaired) electrons. The topological polar surface area (TPSA) is 134 Å². The second-order valence-corrected chi connectivity index (χ2v) is 8.47. The Bertz CT molecular complexity index is 1240. The van der Waals surface area contributed by atoms with Gasteiger partial charge in [0.25, 0.3) is 5.91 Å². The molecule has 2 aromatic carbocycles. The molecule has 2 aliphatic rings. The summed E-state index contributed by atoms with van der Waals surface area (Å²) in [5.41, 5.74) is 4.51. The Morgan fingerprint density at radius 3 is 2.46 bits per heavy atom. The summed E-state index contributed by atoms with van der Waals surface area (Å²) in [6, 6.07) is 16.3. The van der Waals surface area contributed by atoms with Gasteiger partial charge in [0, 0.05) is 18.5 Å². The van der Waals surface area contributed by atoms with E-state index in [2.05, 4.69) is 27.6 Å². The van der Waals surface area contributed by atoms with E-state index in [1.807, 2.05) is 36.4 Å². The molecule has 2 heterocycles. The van der Waals surface area contributed by atoms with Crippen molar-refractivity contribution in [1.29, 1.82) is 0 Å². The number of hydrogen-bond donors (Lipinski definition) is 3. The average molecular weight is 476 g/mol. The van der Waals surface area contributed by atoms with Crippen LogP contribution < -0.4 is 5.32 Å². The normalized spacial score (nSPS) is 19.1. The second kappa shape index (κ2) is 9.22. The van der Waals surface area contributed by atoms with Gasteiger partial charge in [-0.05, 0) is 29.2 Å². The number of carbonyl (C=O) groups excluding carboxylic acids is 2. The van der Waals surface area contributed by atoms with E-state index in [1.165, 1.54) is 11.0 Å². The number of carboxylic acids is 1. The zero-order chi connectivity index (χ0) is 24.5. The van der Waals surface area contributed by atoms with Gasteiger partial charge >= 0.3 is 12.1 Å². The molecule has 35 heavy (non-hydrogen) atoms. The quantitative estimate of drug-likeness (QED) is 0.515. The summed E-state index contributed by atoms with van der Waals surface area (Å²) >= 11 is 0.